The summed E-state index contributed by atoms with van der Waals surface area (Å²) < 4.78 is 0. The molecule has 0 aliphatic carbocycles. The Morgan fingerprint density at radius 2 is 1.61 bits per heavy atom. The average Bonchev–Trinajstić information content (AvgIpc) is 2.40. The maximum Gasteiger partial charge on any atom is 0.0136 e. The summed E-state index contributed by atoms with van der Waals surface area (Å²) in [5, 5.41) is 0. The molecule has 0 aliphatic heterocycles. The number of rotatable bonds is 7. The molecule has 2 N–H and O–H groups in total. The molecule has 4 atom stereocenters. The van der Waals surface area contributed by atoms with E-state index in [-0.39, 0.29) is 6.04 Å². The van der Waals surface area contributed by atoms with Crippen molar-refractivity contribution in [3.8, 4) is 0 Å². The molecule has 0 aromatic heterocycles. The van der Waals surface area contributed by atoms with Gasteiger partial charge >= 0.3 is 0 Å². The number of nitrogens with two attached hydrogens (primary N) is 1. The highest BCUT2D eigenvalue weighted by Crippen LogP contribution is 2.33. The van der Waals surface area contributed by atoms with Crippen molar-refractivity contribution >= 4 is 0 Å². The van der Waals surface area contributed by atoms with Gasteiger partial charge in [0.2, 0.25) is 0 Å². The number of hydrogen-bond donors (Lipinski definition) is 1. The normalized spacial score (nSPS) is 18.1. The zero-order chi connectivity index (χ0) is 13.5. The first kappa shape index (κ1) is 15.2. The van der Waals surface area contributed by atoms with Crippen molar-refractivity contribution in [2.45, 2.75) is 58.9 Å². The topological polar surface area (TPSA) is 26.0 Å². The van der Waals surface area contributed by atoms with Gasteiger partial charge in [-0.15, -0.1) is 0 Å². The second-order valence-electron chi connectivity index (χ2n) is 5.67. The summed E-state index contributed by atoms with van der Waals surface area (Å²) in [6.45, 7) is 9.13. The summed E-state index contributed by atoms with van der Waals surface area (Å²) >= 11 is 0. The van der Waals surface area contributed by atoms with Crippen LogP contribution in [0.25, 0.3) is 0 Å². The Kier molecular flexibility index (Phi) is 6.42. The molecule has 0 aliphatic rings. The molecule has 18 heavy (non-hydrogen) atoms. The minimum Gasteiger partial charge on any atom is -0.327 e. The van der Waals surface area contributed by atoms with E-state index >= 15 is 0 Å². The molecule has 1 rings (SSSR count). The van der Waals surface area contributed by atoms with E-state index in [9.17, 15) is 0 Å². The van der Waals surface area contributed by atoms with E-state index in [0.717, 1.165) is 0 Å². The maximum absolute atomic E-state index is 6.56. The Balaban J connectivity index is 2.92. The Morgan fingerprint density at radius 1 is 1.00 bits per heavy atom. The van der Waals surface area contributed by atoms with E-state index in [0.29, 0.717) is 17.8 Å². The van der Waals surface area contributed by atoms with E-state index in [1.807, 2.05) is 0 Å². The minimum atomic E-state index is 0.266. The lowest BCUT2D eigenvalue weighted by Gasteiger charge is -2.33. The zero-order valence-electron chi connectivity index (χ0n) is 12.4. The van der Waals surface area contributed by atoms with Gasteiger partial charge in [-0.2, -0.15) is 0 Å². The van der Waals surface area contributed by atoms with Crippen LogP contribution in [-0.2, 0) is 0 Å². The molecule has 0 heterocycles. The Hall–Kier alpha value is -0.820. The molecule has 102 valence electrons. The first-order valence-corrected chi connectivity index (χ1v) is 7.42. The van der Waals surface area contributed by atoms with Crippen molar-refractivity contribution in [3.63, 3.8) is 0 Å². The van der Waals surface area contributed by atoms with Crippen molar-refractivity contribution < 1.29 is 0 Å². The SMILES string of the molecule is CCCC(C)C(N)C(c1ccccc1)C(C)CC. The molecular formula is C17H29N. The Labute approximate surface area is 113 Å². The van der Waals surface area contributed by atoms with Gasteiger partial charge < -0.3 is 5.73 Å². The van der Waals surface area contributed by atoms with E-state index in [1.54, 1.807) is 0 Å². The van der Waals surface area contributed by atoms with Crippen LogP contribution >= 0.6 is 0 Å². The standard InChI is InChI=1S/C17H29N/c1-5-10-14(4)17(18)16(13(3)6-2)15-11-8-7-9-12-15/h7-9,11-14,16-17H,5-6,10,18H2,1-4H3. The fraction of sp³-hybridized carbons (Fsp3) is 0.647. The quantitative estimate of drug-likeness (QED) is 0.750. The monoisotopic (exact) mass is 247 g/mol. The van der Waals surface area contributed by atoms with Crippen LogP contribution in [0.15, 0.2) is 30.3 Å². The zero-order valence-corrected chi connectivity index (χ0v) is 12.4. The molecule has 0 amide bonds. The molecule has 0 bridgehead atoms. The molecule has 0 saturated carbocycles. The van der Waals surface area contributed by atoms with Gasteiger partial charge in [0.25, 0.3) is 0 Å². The molecule has 0 saturated heterocycles. The molecular weight excluding hydrogens is 218 g/mol. The van der Waals surface area contributed by atoms with Crippen molar-refractivity contribution in [3.05, 3.63) is 35.9 Å². The van der Waals surface area contributed by atoms with Crippen molar-refractivity contribution in [2.24, 2.45) is 17.6 Å². The van der Waals surface area contributed by atoms with Gasteiger partial charge in [0.05, 0.1) is 0 Å². The molecule has 1 aromatic carbocycles. The van der Waals surface area contributed by atoms with E-state index in [2.05, 4.69) is 58.0 Å². The van der Waals surface area contributed by atoms with Crippen LogP contribution < -0.4 is 5.73 Å². The first-order valence-electron chi connectivity index (χ1n) is 7.42. The van der Waals surface area contributed by atoms with Gasteiger partial charge in [-0.25, -0.2) is 0 Å². The largest absolute Gasteiger partial charge is 0.327 e. The lowest BCUT2D eigenvalue weighted by Crippen LogP contribution is -2.38. The molecule has 1 heteroatoms. The third-order valence-electron chi connectivity index (χ3n) is 4.26. The highest BCUT2D eigenvalue weighted by atomic mass is 14.7. The van der Waals surface area contributed by atoms with Crippen LogP contribution in [0.3, 0.4) is 0 Å². The van der Waals surface area contributed by atoms with E-state index < -0.39 is 0 Å². The van der Waals surface area contributed by atoms with Crippen molar-refractivity contribution in [1.82, 2.24) is 0 Å². The molecule has 1 nitrogen and oxygen atoms in total. The molecule has 1 aromatic rings. The number of hydrogen-bond acceptors (Lipinski definition) is 1. The van der Waals surface area contributed by atoms with Crippen LogP contribution in [-0.4, -0.2) is 6.04 Å². The fourth-order valence-corrected chi connectivity index (χ4v) is 2.86. The Bertz CT molecular complexity index is 320. The third-order valence-corrected chi connectivity index (χ3v) is 4.26. The van der Waals surface area contributed by atoms with Gasteiger partial charge in [0.15, 0.2) is 0 Å². The van der Waals surface area contributed by atoms with Gasteiger partial charge in [0.1, 0.15) is 0 Å². The third kappa shape index (κ3) is 3.84. The summed E-state index contributed by atoms with van der Waals surface area (Å²) in [4.78, 5) is 0. The highest BCUT2D eigenvalue weighted by molar-refractivity contribution is 5.22. The van der Waals surface area contributed by atoms with Gasteiger partial charge in [-0.05, 0) is 23.8 Å². The molecule has 0 fully saturated rings. The van der Waals surface area contributed by atoms with E-state index in [4.69, 9.17) is 5.73 Å². The average molecular weight is 247 g/mol. The highest BCUT2D eigenvalue weighted by Gasteiger charge is 2.28. The Morgan fingerprint density at radius 3 is 2.11 bits per heavy atom. The fourth-order valence-electron chi connectivity index (χ4n) is 2.86. The van der Waals surface area contributed by atoms with Crippen LogP contribution in [0, 0.1) is 11.8 Å². The second-order valence-corrected chi connectivity index (χ2v) is 5.67. The summed E-state index contributed by atoms with van der Waals surface area (Å²) in [7, 11) is 0. The van der Waals surface area contributed by atoms with Crippen molar-refractivity contribution in [1.29, 1.82) is 0 Å². The lowest BCUT2D eigenvalue weighted by atomic mass is 9.75. The van der Waals surface area contributed by atoms with Crippen LogP contribution in [0.1, 0.15) is 58.4 Å². The first-order chi connectivity index (χ1) is 8.61. The van der Waals surface area contributed by atoms with E-state index in [1.165, 1.54) is 24.8 Å². The van der Waals surface area contributed by atoms with Crippen LogP contribution in [0.4, 0.5) is 0 Å². The maximum atomic E-state index is 6.56. The lowest BCUT2D eigenvalue weighted by molar-refractivity contribution is 0.301. The van der Waals surface area contributed by atoms with Crippen LogP contribution in [0.2, 0.25) is 0 Å². The summed E-state index contributed by atoms with van der Waals surface area (Å²) in [5.74, 6) is 1.72. The van der Waals surface area contributed by atoms with Gasteiger partial charge in [0, 0.05) is 12.0 Å². The molecule has 0 spiro atoms. The summed E-state index contributed by atoms with van der Waals surface area (Å²) in [6, 6.07) is 11.1. The van der Waals surface area contributed by atoms with Gasteiger partial charge in [-0.1, -0.05) is 70.9 Å². The predicted octanol–water partition coefficient (Wildman–Crippen LogP) is 4.58. The molecule has 0 radical (unpaired) electrons. The second kappa shape index (κ2) is 7.58. The minimum absolute atomic E-state index is 0.266. The molecule has 4 unspecified atom stereocenters. The van der Waals surface area contributed by atoms with Crippen molar-refractivity contribution in [2.75, 3.05) is 0 Å². The summed E-state index contributed by atoms with van der Waals surface area (Å²) in [5.41, 5.74) is 7.96. The predicted molar refractivity (Wildman–Crippen MR) is 80.7 cm³/mol. The van der Waals surface area contributed by atoms with Crippen LogP contribution in [0.5, 0.6) is 0 Å². The van der Waals surface area contributed by atoms with Gasteiger partial charge in [-0.3, -0.25) is 0 Å². The summed E-state index contributed by atoms with van der Waals surface area (Å²) in [6.07, 6.45) is 3.63. The number of benzene rings is 1. The smallest absolute Gasteiger partial charge is 0.0136 e.